The van der Waals surface area contributed by atoms with Crippen molar-refractivity contribution in [3.05, 3.63) is 0 Å². The van der Waals surface area contributed by atoms with Crippen molar-refractivity contribution < 1.29 is 23.2 Å². The molecule has 12 heavy (non-hydrogen) atoms. The lowest BCUT2D eigenvalue weighted by atomic mass is 10.2. The predicted molar refractivity (Wildman–Crippen MR) is 43.1 cm³/mol. The molecule has 0 radical (unpaired) electrons. The molecule has 0 bridgehead atoms. The molecule has 0 amide bonds. The van der Waals surface area contributed by atoms with Gasteiger partial charge in [-0.15, -0.1) is 0 Å². The fourth-order valence-corrected chi connectivity index (χ4v) is 1.20. The van der Waals surface area contributed by atoms with E-state index in [4.69, 9.17) is 14.8 Å². The molecule has 0 aromatic rings. The Bertz CT molecular complexity index is 208. The topological polar surface area (TPSA) is 94.8 Å². The summed E-state index contributed by atoms with van der Waals surface area (Å²) >= 11 is 0. The lowest BCUT2D eigenvalue weighted by molar-refractivity contribution is 0.167. The third kappa shape index (κ3) is 5.48. The van der Waals surface area contributed by atoms with Gasteiger partial charge in [0.2, 0.25) is 0 Å². The van der Waals surface area contributed by atoms with Crippen molar-refractivity contribution in [2.24, 2.45) is 0 Å². The van der Waals surface area contributed by atoms with Crippen LogP contribution in [0.3, 0.4) is 0 Å². The maximum atomic E-state index is 10.2. The second kappa shape index (κ2) is 4.76. The van der Waals surface area contributed by atoms with Crippen LogP contribution in [0.15, 0.2) is 0 Å². The van der Waals surface area contributed by atoms with E-state index in [0.717, 1.165) is 0 Å². The van der Waals surface area contributed by atoms with E-state index in [1.54, 1.807) is 6.92 Å². The number of aliphatic hydroxyl groups excluding tert-OH is 2. The lowest BCUT2D eigenvalue weighted by Gasteiger charge is -2.07. The summed E-state index contributed by atoms with van der Waals surface area (Å²) < 4.78 is 28.8. The minimum absolute atomic E-state index is 0.0519. The fraction of sp³-hybridized carbons (Fsp3) is 1.00. The van der Waals surface area contributed by atoms with Crippen LogP contribution in [-0.4, -0.2) is 34.7 Å². The summed E-state index contributed by atoms with van der Waals surface area (Å²) in [5.74, 6) is 0. The van der Waals surface area contributed by atoms with Crippen molar-refractivity contribution >= 4 is 10.1 Å². The van der Waals surface area contributed by atoms with E-state index in [1.165, 1.54) is 0 Å². The number of hydrogen-bond donors (Lipinski definition) is 3. The molecule has 0 spiro atoms. The van der Waals surface area contributed by atoms with E-state index in [0.29, 0.717) is 12.8 Å². The first-order valence-corrected chi connectivity index (χ1v) is 5.17. The fourth-order valence-electron chi connectivity index (χ4n) is 0.737. The SMILES string of the molecule is CC(O)CCCC(O)S(=O)(=O)O. The van der Waals surface area contributed by atoms with Crippen LogP contribution >= 0.6 is 0 Å². The molecule has 0 saturated heterocycles. The van der Waals surface area contributed by atoms with Gasteiger partial charge in [-0.05, 0) is 26.2 Å². The largest absolute Gasteiger partial charge is 0.393 e. The molecule has 2 atom stereocenters. The maximum absolute atomic E-state index is 10.2. The first-order chi connectivity index (χ1) is 5.34. The molecule has 6 heteroatoms. The summed E-state index contributed by atoms with van der Waals surface area (Å²) in [7, 11) is -4.33. The van der Waals surface area contributed by atoms with E-state index in [2.05, 4.69) is 0 Å². The van der Waals surface area contributed by atoms with E-state index in [1.807, 2.05) is 0 Å². The smallest absolute Gasteiger partial charge is 0.291 e. The van der Waals surface area contributed by atoms with Gasteiger partial charge in [-0.25, -0.2) is 0 Å². The van der Waals surface area contributed by atoms with Gasteiger partial charge in [0.05, 0.1) is 6.10 Å². The van der Waals surface area contributed by atoms with Crippen LogP contribution in [0.4, 0.5) is 0 Å². The number of aliphatic hydroxyl groups is 2. The third-order valence-electron chi connectivity index (χ3n) is 1.42. The van der Waals surface area contributed by atoms with Crippen molar-refractivity contribution in [2.45, 2.75) is 37.7 Å². The monoisotopic (exact) mass is 198 g/mol. The van der Waals surface area contributed by atoms with Gasteiger partial charge in [0.15, 0.2) is 5.44 Å². The minimum atomic E-state index is -4.33. The maximum Gasteiger partial charge on any atom is 0.291 e. The Labute approximate surface area is 71.8 Å². The zero-order chi connectivity index (χ0) is 9.78. The van der Waals surface area contributed by atoms with Crippen molar-refractivity contribution in [2.75, 3.05) is 0 Å². The van der Waals surface area contributed by atoms with Crippen molar-refractivity contribution in [3.8, 4) is 0 Å². The first kappa shape index (κ1) is 11.8. The Balaban J connectivity index is 3.66. The lowest BCUT2D eigenvalue weighted by Crippen LogP contribution is -2.19. The molecule has 0 aromatic heterocycles. The molecule has 0 aliphatic carbocycles. The second-order valence-electron chi connectivity index (χ2n) is 2.75. The van der Waals surface area contributed by atoms with E-state index < -0.39 is 21.7 Å². The van der Waals surface area contributed by atoms with Gasteiger partial charge in [-0.3, -0.25) is 4.55 Å². The molecule has 0 aliphatic rings. The quantitative estimate of drug-likeness (QED) is 0.529. The summed E-state index contributed by atoms with van der Waals surface area (Å²) in [5.41, 5.74) is -1.73. The van der Waals surface area contributed by atoms with Gasteiger partial charge in [0.25, 0.3) is 10.1 Å². The van der Waals surface area contributed by atoms with Crippen LogP contribution < -0.4 is 0 Å². The normalized spacial score (nSPS) is 17.3. The van der Waals surface area contributed by atoms with Crippen LogP contribution in [0.1, 0.15) is 26.2 Å². The van der Waals surface area contributed by atoms with Crippen molar-refractivity contribution in [3.63, 3.8) is 0 Å². The average Bonchev–Trinajstić information content (AvgIpc) is 1.84. The van der Waals surface area contributed by atoms with Gasteiger partial charge in [-0.2, -0.15) is 8.42 Å². The van der Waals surface area contributed by atoms with Crippen molar-refractivity contribution in [1.29, 1.82) is 0 Å². The van der Waals surface area contributed by atoms with Crippen LogP contribution in [0.5, 0.6) is 0 Å². The highest BCUT2D eigenvalue weighted by Gasteiger charge is 2.18. The van der Waals surface area contributed by atoms with Gasteiger partial charge in [0, 0.05) is 0 Å². The summed E-state index contributed by atoms with van der Waals surface area (Å²) in [6.45, 7) is 1.57. The summed E-state index contributed by atoms with van der Waals surface area (Å²) in [4.78, 5) is 0. The number of hydrogen-bond acceptors (Lipinski definition) is 4. The Morgan fingerprint density at radius 1 is 1.25 bits per heavy atom. The Hall–Kier alpha value is -0.170. The first-order valence-electron chi connectivity index (χ1n) is 3.66. The minimum Gasteiger partial charge on any atom is -0.393 e. The molecule has 0 saturated carbocycles. The third-order valence-corrected chi connectivity index (χ3v) is 2.34. The molecule has 3 N–H and O–H groups in total. The zero-order valence-electron chi connectivity index (χ0n) is 6.84. The van der Waals surface area contributed by atoms with Gasteiger partial charge >= 0.3 is 0 Å². The molecule has 0 fully saturated rings. The van der Waals surface area contributed by atoms with E-state index >= 15 is 0 Å². The highest BCUT2D eigenvalue weighted by Crippen LogP contribution is 2.07. The second-order valence-corrected chi connectivity index (χ2v) is 4.32. The molecule has 0 heterocycles. The molecule has 74 valence electrons. The standard InChI is InChI=1S/C6H14O5S/c1-5(7)3-2-4-6(8)12(9,10)11/h5-8H,2-4H2,1H3,(H,9,10,11). The summed E-state index contributed by atoms with van der Waals surface area (Å²) in [5, 5.41) is 17.6. The van der Waals surface area contributed by atoms with Gasteiger partial charge in [0.1, 0.15) is 0 Å². The zero-order valence-corrected chi connectivity index (χ0v) is 7.66. The average molecular weight is 198 g/mol. The molecule has 2 unspecified atom stereocenters. The van der Waals surface area contributed by atoms with Crippen molar-refractivity contribution in [1.82, 2.24) is 0 Å². The van der Waals surface area contributed by atoms with Crippen LogP contribution in [0.2, 0.25) is 0 Å². The van der Waals surface area contributed by atoms with Gasteiger partial charge in [-0.1, -0.05) is 0 Å². The van der Waals surface area contributed by atoms with Crippen LogP contribution in [0, 0.1) is 0 Å². The Morgan fingerprint density at radius 2 is 1.75 bits per heavy atom. The highest BCUT2D eigenvalue weighted by atomic mass is 32.2. The van der Waals surface area contributed by atoms with Crippen LogP contribution in [0.25, 0.3) is 0 Å². The van der Waals surface area contributed by atoms with E-state index in [-0.39, 0.29) is 6.42 Å². The molecular formula is C6H14O5S. The van der Waals surface area contributed by atoms with E-state index in [9.17, 15) is 8.42 Å². The number of rotatable bonds is 5. The molecule has 0 aromatic carbocycles. The van der Waals surface area contributed by atoms with Crippen LogP contribution in [-0.2, 0) is 10.1 Å². The Morgan fingerprint density at radius 3 is 2.08 bits per heavy atom. The molecule has 0 aliphatic heterocycles. The summed E-state index contributed by atoms with van der Waals surface area (Å²) in [6.07, 6.45) is 0.202. The molecular weight excluding hydrogens is 184 g/mol. The molecule has 5 nitrogen and oxygen atoms in total. The summed E-state index contributed by atoms with van der Waals surface area (Å²) in [6, 6.07) is 0. The Kier molecular flexibility index (Phi) is 4.69. The predicted octanol–water partition coefficient (Wildman–Crippen LogP) is -0.256. The van der Waals surface area contributed by atoms with Gasteiger partial charge < -0.3 is 10.2 Å². The molecule has 0 rings (SSSR count). The highest BCUT2D eigenvalue weighted by molar-refractivity contribution is 7.86.